The quantitative estimate of drug-likeness (QED) is 0.746. The molecule has 1 aliphatic rings. The van der Waals surface area contributed by atoms with Crippen LogP contribution in [0.2, 0.25) is 0 Å². The van der Waals surface area contributed by atoms with E-state index in [2.05, 4.69) is 6.07 Å². The number of rotatable bonds is 4. The third-order valence-corrected chi connectivity index (χ3v) is 4.37. The number of hydrogen-bond acceptors (Lipinski definition) is 4. The SMILES string of the molecule is CC(C)(C)OC(=O)N1CCC(COc2ccc(CCl)cc2C#N)CC1. The predicted molar refractivity (Wildman–Crippen MR) is 96.7 cm³/mol. The Bertz CT molecular complexity index is 641. The van der Waals surface area contributed by atoms with Gasteiger partial charge in [0.15, 0.2) is 0 Å². The van der Waals surface area contributed by atoms with Crippen molar-refractivity contribution in [1.82, 2.24) is 4.90 Å². The molecule has 0 atom stereocenters. The van der Waals surface area contributed by atoms with Gasteiger partial charge in [-0.2, -0.15) is 5.26 Å². The molecular weight excluding hydrogens is 340 g/mol. The normalized spacial score (nSPS) is 15.6. The van der Waals surface area contributed by atoms with E-state index in [9.17, 15) is 10.1 Å². The van der Waals surface area contributed by atoms with E-state index < -0.39 is 5.60 Å². The highest BCUT2D eigenvalue weighted by Gasteiger charge is 2.27. The highest BCUT2D eigenvalue weighted by molar-refractivity contribution is 6.17. The van der Waals surface area contributed by atoms with Gasteiger partial charge in [-0.05, 0) is 57.2 Å². The Morgan fingerprint density at radius 1 is 1.36 bits per heavy atom. The summed E-state index contributed by atoms with van der Waals surface area (Å²) in [5.74, 6) is 1.32. The Labute approximate surface area is 154 Å². The van der Waals surface area contributed by atoms with Gasteiger partial charge < -0.3 is 14.4 Å². The number of piperidine rings is 1. The van der Waals surface area contributed by atoms with Crippen LogP contribution in [0.25, 0.3) is 0 Å². The van der Waals surface area contributed by atoms with Crippen LogP contribution in [0.5, 0.6) is 5.75 Å². The fourth-order valence-electron chi connectivity index (χ4n) is 2.69. The molecule has 0 N–H and O–H groups in total. The molecule has 1 aromatic carbocycles. The Balaban J connectivity index is 1.83. The van der Waals surface area contributed by atoms with Crippen molar-refractivity contribution >= 4 is 17.7 Å². The number of amides is 1. The zero-order valence-corrected chi connectivity index (χ0v) is 15.8. The minimum Gasteiger partial charge on any atom is -0.492 e. The Morgan fingerprint density at radius 2 is 2.04 bits per heavy atom. The van der Waals surface area contributed by atoms with Gasteiger partial charge in [0.2, 0.25) is 0 Å². The summed E-state index contributed by atoms with van der Waals surface area (Å²) >= 11 is 5.79. The van der Waals surface area contributed by atoms with E-state index in [-0.39, 0.29) is 6.09 Å². The zero-order valence-electron chi connectivity index (χ0n) is 15.0. The van der Waals surface area contributed by atoms with E-state index in [1.165, 1.54) is 0 Å². The van der Waals surface area contributed by atoms with Crippen molar-refractivity contribution in [1.29, 1.82) is 5.26 Å². The monoisotopic (exact) mass is 364 g/mol. The number of hydrogen-bond donors (Lipinski definition) is 0. The fourth-order valence-corrected chi connectivity index (χ4v) is 2.86. The first-order valence-electron chi connectivity index (χ1n) is 8.52. The fraction of sp³-hybridized carbons (Fsp3) is 0.579. The zero-order chi connectivity index (χ0) is 18.4. The maximum atomic E-state index is 12.1. The molecule has 0 bridgehead atoms. The molecule has 0 saturated carbocycles. The molecule has 0 aliphatic carbocycles. The first-order chi connectivity index (χ1) is 11.8. The van der Waals surface area contributed by atoms with Crippen molar-refractivity contribution in [2.75, 3.05) is 19.7 Å². The number of carbonyl (C=O) groups excluding carboxylic acids is 1. The van der Waals surface area contributed by atoms with Crippen molar-refractivity contribution in [2.24, 2.45) is 5.92 Å². The Kier molecular flexibility index (Phi) is 6.55. The second-order valence-corrected chi connectivity index (χ2v) is 7.56. The topological polar surface area (TPSA) is 62.6 Å². The molecule has 0 unspecified atom stereocenters. The molecule has 1 fully saturated rings. The average Bonchev–Trinajstić information content (AvgIpc) is 2.58. The third kappa shape index (κ3) is 5.82. The maximum Gasteiger partial charge on any atom is 0.410 e. The number of nitrogens with zero attached hydrogens (tertiary/aromatic N) is 2. The number of likely N-dealkylation sites (tertiary alicyclic amines) is 1. The van der Waals surface area contributed by atoms with Crippen LogP contribution in [0.1, 0.15) is 44.7 Å². The summed E-state index contributed by atoms with van der Waals surface area (Å²) in [6, 6.07) is 7.57. The van der Waals surface area contributed by atoms with Crippen molar-refractivity contribution in [3.05, 3.63) is 29.3 Å². The lowest BCUT2D eigenvalue weighted by Crippen LogP contribution is -2.42. The highest BCUT2D eigenvalue weighted by Crippen LogP contribution is 2.24. The number of carbonyl (C=O) groups is 1. The maximum absolute atomic E-state index is 12.1. The lowest BCUT2D eigenvalue weighted by molar-refractivity contribution is 0.0165. The van der Waals surface area contributed by atoms with E-state index >= 15 is 0 Å². The van der Waals surface area contributed by atoms with E-state index in [1.54, 1.807) is 17.0 Å². The van der Waals surface area contributed by atoms with Gasteiger partial charge in [-0.25, -0.2) is 4.79 Å². The molecule has 1 heterocycles. The van der Waals surface area contributed by atoms with Gasteiger partial charge in [0.25, 0.3) is 0 Å². The molecular formula is C19H25ClN2O3. The van der Waals surface area contributed by atoms with Crippen molar-refractivity contribution in [3.63, 3.8) is 0 Å². The molecule has 1 amide bonds. The summed E-state index contributed by atoms with van der Waals surface area (Å²) in [5, 5.41) is 9.23. The number of alkyl halides is 1. The molecule has 0 radical (unpaired) electrons. The first kappa shape index (κ1) is 19.4. The number of benzene rings is 1. The highest BCUT2D eigenvalue weighted by atomic mass is 35.5. The van der Waals surface area contributed by atoms with E-state index in [0.717, 1.165) is 18.4 Å². The van der Waals surface area contributed by atoms with Crippen LogP contribution >= 0.6 is 11.6 Å². The average molecular weight is 365 g/mol. The summed E-state index contributed by atoms with van der Waals surface area (Å²) in [4.78, 5) is 13.8. The van der Waals surface area contributed by atoms with Crippen molar-refractivity contribution < 1.29 is 14.3 Å². The van der Waals surface area contributed by atoms with Gasteiger partial charge in [0, 0.05) is 19.0 Å². The lowest BCUT2D eigenvalue weighted by atomic mass is 9.98. The van der Waals surface area contributed by atoms with E-state index in [1.807, 2.05) is 26.8 Å². The lowest BCUT2D eigenvalue weighted by Gasteiger charge is -2.33. The molecule has 1 aromatic rings. The van der Waals surface area contributed by atoms with Gasteiger partial charge in [-0.3, -0.25) is 0 Å². The van der Waals surface area contributed by atoms with Gasteiger partial charge in [0.05, 0.1) is 12.2 Å². The standard InChI is InChI=1S/C19H25ClN2O3/c1-19(2,3)25-18(23)22-8-6-14(7-9-22)13-24-17-5-4-15(11-20)10-16(17)12-21/h4-5,10,14H,6-9,11,13H2,1-3H3. The van der Waals surface area contributed by atoms with E-state index in [4.69, 9.17) is 21.1 Å². The van der Waals surface area contributed by atoms with Gasteiger partial charge in [0.1, 0.15) is 17.4 Å². The van der Waals surface area contributed by atoms with Gasteiger partial charge >= 0.3 is 6.09 Å². The molecule has 25 heavy (non-hydrogen) atoms. The predicted octanol–water partition coefficient (Wildman–Crippen LogP) is 4.32. The molecule has 5 nitrogen and oxygen atoms in total. The molecule has 6 heteroatoms. The van der Waals surface area contributed by atoms with Crippen molar-refractivity contribution in [3.8, 4) is 11.8 Å². The van der Waals surface area contributed by atoms with Crippen LogP contribution in [0.4, 0.5) is 4.79 Å². The van der Waals surface area contributed by atoms with Crippen molar-refractivity contribution in [2.45, 2.75) is 45.1 Å². The van der Waals surface area contributed by atoms with E-state index in [0.29, 0.717) is 42.8 Å². The molecule has 1 aliphatic heterocycles. The second kappa shape index (κ2) is 8.44. The summed E-state index contributed by atoms with van der Waals surface area (Å²) in [7, 11) is 0. The minimum absolute atomic E-state index is 0.254. The number of ether oxygens (including phenoxy) is 2. The second-order valence-electron chi connectivity index (χ2n) is 7.30. The smallest absolute Gasteiger partial charge is 0.410 e. The largest absolute Gasteiger partial charge is 0.492 e. The Hall–Kier alpha value is -1.93. The number of halogens is 1. The summed E-state index contributed by atoms with van der Waals surface area (Å²) in [6.07, 6.45) is 1.47. The molecule has 0 spiro atoms. The molecule has 136 valence electrons. The van der Waals surface area contributed by atoms with Crippen LogP contribution < -0.4 is 4.74 Å². The van der Waals surface area contributed by atoms with Gasteiger partial charge in [-0.1, -0.05) is 6.07 Å². The van der Waals surface area contributed by atoms with Crippen LogP contribution in [0.15, 0.2) is 18.2 Å². The van der Waals surface area contributed by atoms with Gasteiger partial charge in [-0.15, -0.1) is 11.6 Å². The summed E-state index contributed by atoms with van der Waals surface area (Å²) in [6.45, 7) is 7.48. The molecule has 2 rings (SSSR count). The number of nitriles is 1. The van der Waals surface area contributed by atoms with Crippen LogP contribution in [0, 0.1) is 17.2 Å². The molecule has 1 saturated heterocycles. The minimum atomic E-state index is -0.472. The first-order valence-corrected chi connectivity index (χ1v) is 9.05. The van der Waals surface area contributed by atoms with Crippen LogP contribution in [-0.2, 0) is 10.6 Å². The molecule has 0 aromatic heterocycles. The summed E-state index contributed by atoms with van der Waals surface area (Å²) < 4.78 is 11.2. The van der Waals surface area contributed by atoms with Crippen LogP contribution in [0.3, 0.4) is 0 Å². The Morgan fingerprint density at radius 3 is 2.60 bits per heavy atom. The van der Waals surface area contributed by atoms with Crippen LogP contribution in [-0.4, -0.2) is 36.3 Å². The summed E-state index contributed by atoms with van der Waals surface area (Å²) in [5.41, 5.74) is 0.931. The third-order valence-electron chi connectivity index (χ3n) is 4.06.